The van der Waals surface area contributed by atoms with Gasteiger partial charge in [0.1, 0.15) is 5.75 Å². The number of hydrogen-bond donors (Lipinski definition) is 1. The first-order chi connectivity index (χ1) is 9.29. The first kappa shape index (κ1) is 14.0. The molecule has 0 spiro atoms. The Morgan fingerprint density at radius 1 is 1.42 bits per heavy atom. The quantitative estimate of drug-likeness (QED) is 0.793. The molecule has 19 heavy (non-hydrogen) atoms. The summed E-state index contributed by atoms with van der Waals surface area (Å²) in [5.74, 6) is 1.30. The van der Waals surface area contributed by atoms with Crippen LogP contribution >= 0.6 is 15.9 Å². The maximum Gasteiger partial charge on any atom is 0.213 e. The van der Waals surface area contributed by atoms with Crippen LogP contribution in [0.15, 0.2) is 33.6 Å². The molecule has 102 valence electrons. The summed E-state index contributed by atoms with van der Waals surface area (Å²) in [5.41, 5.74) is 1.22. The molecule has 0 saturated carbocycles. The highest BCUT2D eigenvalue weighted by Crippen LogP contribution is 2.26. The topological polar surface area (TPSA) is 60.2 Å². The number of aromatic nitrogens is 2. The van der Waals surface area contributed by atoms with E-state index in [1.807, 2.05) is 18.2 Å². The zero-order valence-electron chi connectivity index (χ0n) is 10.7. The van der Waals surface area contributed by atoms with Crippen LogP contribution in [-0.2, 0) is 13.2 Å². The molecule has 0 aliphatic heterocycles. The van der Waals surface area contributed by atoms with E-state index >= 15 is 0 Å². The molecule has 6 heteroatoms. The van der Waals surface area contributed by atoms with Crippen molar-refractivity contribution in [1.29, 1.82) is 0 Å². The smallest absolute Gasteiger partial charge is 0.213 e. The number of benzene rings is 1. The van der Waals surface area contributed by atoms with Gasteiger partial charge in [0, 0.05) is 6.54 Å². The molecule has 0 amide bonds. The van der Waals surface area contributed by atoms with Crippen molar-refractivity contribution in [2.75, 3.05) is 6.54 Å². The average molecular weight is 326 g/mol. The minimum atomic E-state index is 0.294. The second kappa shape index (κ2) is 7.25. The zero-order valence-corrected chi connectivity index (χ0v) is 12.3. The van der Waals surface area contributed by atoms with Gasteiger partial charge in [-0.15, -0.1) is 0 Å². The third kappa shape index (κ3) is 4.33. The van der Waals surface area contributed by atoms with Crippen molar-refractivity contribution in [3.63, 3.8) is 0 Å². The second-order valence-corrected chi connectivity index (χ2v) is 4.93. The molecule has 0 aliphatic rings. The van der Waals surface area contributed by atoms with Crippen LogP contribution in [-0.4, -0.2) is 16.7 Å². The lowest BCUT2D eigenvalue weighted by atomic mass is 10.2. The van der Waals surface area contributed by atoms with Crippen LogP contribution in [0.1, 0.15) is 24.7 Å². The summed E-state index contributed by atoms with van der Waals surface area (Å²) < 4.78 is 11.2. The maximum absolute atomic E-state index is 5.61. The van der Waals surface area contributed by atoms with Gasteiger partial charge in [-0.2, -0.15) is 4.98 Å². The van der Waals surface area contributed by atoms with E-state index in [4.69, 9.17) is 4.74 Å². The molecule has 0 saturated heterocycles. The molecule has 0 aliphatic carbocycles. The fourth-order valence-electron chi connectivity index (χ4n) is 1.58. The second-order valence-electron chi connectivity index (χ2n) is 4.08. The summed E-state index contributed by atoms with van der Waals surface area (Å²) in [6.07, 6.45) is 2.42. The SMILES string of the molecule is CCCNCc1ccc(OCc2ncon2)c(Br)c1. The summed E-state index contributed by atoms with van der Waals surface area (Å²) in [4.78, 5) is 3.90. The van der Waals surface area contributed by atoms with Crippen molar-refractivity contribution >= 4 is 15.9 Å². The number of ether oxygens (including phenoxy) is 1. The van der Waals surface area contributed by atoms with Gasteiger partial charge in [0.15, 0.2) is 6.61 Å². The Morgan fingerprint density at radius 3 is 3.00 bits per heavy atom. The predicted molar refractivity (Wildman–Crippen MR) is 74.8 cm³/mol. The van der Waals surface area contributed by atoms with Crippen LogP contribution in [0, 0.1) is 0 Å². The van der Waals surface area contributed by atoms with Gasteiger partial charge in [0.25, 0.3) is 0 Å². The first-order valence-electron chi connectivity index (χ1n) is 6.16. The van der Waals surface area contributed by atoms with Gasteiger partial charge in [-0.3, -0.25) is 0 Å². The highest BCUT2D eigenvalue weighted by Gasteiger charge is 2.05. The van der Waals surface area contributed by atoms with Crippen LogP contribution in [0.2, 0.25) is 0 Å². The number of nitrogens with one attached hydrogen (secondary N) is 1. The monoisotopic (exact) mass is 325 g/mol. The van der Waals surface area contributed by atoms with E-state index < -0.39 is 0 Å². The molecule has 2 aromatic rings. The largest absolute Gasteiger partial charge is 0.484 e. The van der Waals surface area contributed by atoms with Crippen LogP contribution < -0.4 is 10.1 Å². The van der Waals surface area contributed by atoms with Gasteiger partial charge in [-0.05, 0) is 46.6 Å². The lowest BCUT2D eigenvalue weighted by molar-refractivity contribution is 0.285. The molecule has 1 aromatic carbocycles. The van der Waals surface area contributed by atoms with Gasteiger partial charge in [0.2, 0.25) is 12.2 Å². The molecule has 0 bridgehead atoms. The van der Waals surface area contributed by atoms with E-state index in [9.17, 15) is 0 Å². The number of halogens is 1. The Kier molecular flexibility index (Phi) is 5.35. The molecular formula is C13H16BrN3O2. The molecule has 0 radical (unpaired) electrons. The summed E-state index contributed by atoms with van der Waals surface area (Å²) in [7, 11) is 0. The van der Waals surface area contributed by atoms with Crippen LogP contribution in [0.5, 0.6) is 5.75 Å². The minimum absolute atomic E-state index is 0.294. The Morgan fingerprint density at radius 2 is 2.32 bits per heavy atom. The van der Waals surface area contributed by atoms with E-state index in [1.54, 1.807) is 0 Å². The predicted octanol–water partition coefficient (Wildman–Crippen LogP) is 2.91. The van der Waals surface area contributed by atoms with E-state index in [0.717, 1.165) is 29.7 Å². The fraction of sp³-hybridized carbons (Fsp3) is 0.385. The van der Waals surface area contributed by atoms with Crippen molar-refractivity contribution in [1.82, 2.24) is 15.5 Å². The molecule has 0 fully saturated rings. The van der Waals surface area contributed by atoms with Crippen molar-refractivity contribution in [3.05, 3.63) is 40.5 Å². The van der Waals surface area contributed by atoms with Gasteiger partial charge in [-0.25, -0.2) is 0 Å². The molecule has 0 atom stereocenters. The van der Waals surface area contributed by atoms with Gasteiger partial charge in [0.05, 0.1) is 4.47 Å². The van der Waals surface area contributed by atoms with Crippen LogP contribution in [0.25, 0.3) is 0 Å². The van der Waals surface area contributed by atoms with E-state index in [2.05, 4.69) is 42.8 Å². The molecule has 1 heterocycles. The van der Waals surface area contributed by atoms with E-state index in [-0.39, 0.29) is 0 Å². The molecule has 0 unspecified atom stereocenters. The van der Waals surface area contributed by atoms with E-state index in [1.165, 1.54) is 12.0 Å². The summed E-state index contributed by atoms with van der Waals surface area (Å²) in [5, 5.41) is 7.05. The average Bonchev–Trinajstić information content (AvgIpc) is 2.91. The maximum atomic E-state index is 5.61. The number of hydrogen-bond acceptors (Lipinski definition) is 5. The lowest BCUT2D eigenvalue weighted by Crippen LogP contribution is -2.13. The lowest BCUT2D eigenvalue weighted by Gasteiger charge is -2.09. The Labute approximate surface area is 120 Å². The normalized spacial score (nSPS) is 10.6. The van der Waals surface area contributed by atoms with Gasteiger partial charge < -0.3 is 14.6 Å². The van der Waals surface area contributed by atoms with Crippen molar-refractivity contribution in [2.45, 2.75) is 26.5 Å². The first-order valence-corrected chi connectivity index (χ1v) is 6.96. The Balaban J connectivity index is 1.91. The molecule has 2 rings (SSSR count). The van der Waals surface area contributed by atoms with Gasteiger partial charge >= 0.3 is 0 Å². The summed E-state index contributed by atoms with van der Waals surface area (Å²) >= 11 is 3.50. The van der Waals surface area contributed by atoms with E-state index in [0.29, 0.717) is 12.4 Å². The highest BCUT2D eigenvalue weighted by atomic mass is 79.9. The van der Waals surface area contributed by atoms with Crippen LogP contribution in [0.4, 0.5) is 0 Å². The highest BCUT2D eigenvalue weighted by molar-refractivity contribution is 9.10. The Hall–Kier alpha value is -1.40. The third-order valence-corrected chi connectivity index (χ3v) is 3.14. The number of nitrogens with zero attached hydrogens (tertiary/aromatic N) is 2. The minimum Gasteiger partial charge on any atom is -0.484 e. The summed E-state index contributed by atoms with van der Waals surface area (Å²) in [6, 6.07) is 6.03. The molecule has 5 nitrogen and oxygen atoms in total. The van der Waals surface area contributed by atoms with Crippen molar-refractivity contribution in [3.8, 4) is 5.75 Å². The molecule has 1 aromatic heterocycles. The standard InChI is InChI=1S/C13H16BrN3O2/c1-2-5-15-7-10-3-4-12(11(14)6-10)18-8-13-16-9-19-17-13/h3-4,6,9,15H,2,5,7-8H2,1H3. The van der Waals surface area contributed by atoms with Gasteiger partial charge in [-0.1, -0.05) is 18.1 Å². The Bertz CT molecular complexity index is 503. The van der Waals surface area contributed by atoms with Crippen molar-refractivity contribution < 1.29 is 9.26 Å². The summed E-state index contributed by atoms with van der Waals surface area (Å²) in [6.45, 7) is 4.32. The zero-order chi connectivity index (χ0) is 13.5. The molecular weight excluding hydrogens is 310 g/mol. The van der Waals surface area contributed by atoms with Crippen LogP contribution in [0.3, 0.4) is 0 Å². The third-order valence-electron chi connectivity index (χ3n) is 2.52. The number of rotatable bonds is 7. The molecule has 1 N–H and O–H groups in total. The van der Waals surface area contributed by atoms with Crippen molar-refractivity contribution in [2.24, 2.45) is 0 Å². The fourth-order valence-corrected chi connectivity index (χ4v) is 2.12.